The predicted molar refractivity (Wildman–Crippen MR) is 156 cm³/mol. The first kappa shape index (κ1) is 26.5. The Hall–Kier alpha value is -4.10. The van der Waals surface area contributed by atoms with Crippen molar-refractivity contribution < 1.29 is 13.9 Å². The SMILES string of the molecule is COc1ccccc1N1CCN(CCCNC(=O)c2cc(C)cc3c(=O)c(C)c(-c4ccccc4)oc23)CC1. The first-order valence-electron chi connectivity index (χ1n) is 13.5. The molecule has 1 aliphatic rings. The van der Waals surface area contributed by atoms with Crippen molar-refractivity contribution in [3.63, 3.8) is 0 Å². The van der Waals surface area contributed by atoms with Crippen LogP contribution in [0.25, 0.3) is 22.3 Å². The van der Waals surface area contributed by atoms with Crippen LogP contribution in [0.3, 0.4) is 0 Å². The Balaban J connectivity index is 1.22. The summed E-state index contributed by atoms with van der Waals surface area (Å²) in [5, 5.41) is 3.48. The van der Waals surface area contributed by atoms with Crippen molar-refractivity contribution >= 4 is 22.6 Å². The molecule has 1 aliphatic heterocycles. The molecule has 39 heavy (non-hydrogen) atoms. The fourth-order valence-electron chi connectivity index (χ4n) is 5.27. The second-order valence-corrected chi connectivity index (χ2v) is 10.1. The van der Waals surface area contributed by atoms with Gasteiger partial charge in [-0.3, -0.25) is 14.5 Å². The topological polar surface area (TPSA) is 75.0 Å². The van der Waals surface area contributed by atoms with E-state index in [2.05, 4.69) is 21.2 Å². The maximum absolute atomic E-state index is 13.3. The summed E-state index contributed by atoms with van der Waals surface area (Å²) in [4.78, 5) is 31.3. The lowest BCUT2D eigenvalue weighted by atomic mass is 10.0. The van der Waals surface area contributed by atoms with E-state index in [0.29, 0.717) is 34.4 Å². The minimum atomic E-state index is -0.226. The lowest BCUT2D eigenvalue weighted by Gasteiger charge is -2.36. The van der Waals surface area contributed by atoms with Crippen LogP contribution in [0.4, 0.5) is 5.69 Å². The molecule has 0 unspecified atom stereocenters. The standard InChI is InChI=1S/C32H35N3O4/c1-22-20-25-29(36)23(2)30(24-10-5-4-6-11-24)39-31(25)26(21-22)32(37)33-14-9-15-34-16-18-35(19-17-34)27-12-7-8-13-28(27)38-3/h4-8,10-13,20-21H,9,14-19H2,1-3H3,(H,33,37). The predicted octanol–water partition coefficient (Wildman–Crippen LogP) is 5.03. The quantitative estimate of drug-likeness (QED) is 0.326. The summed E-state index contributed by atoms with van der Waals surface area (Å²) < 4.78 is 11.8. The number of para-hydroxylation sites is 2. The van der Waals surface area contributed by atoms with E-state index in [1.807, 2.05) is 55.5 Å². The number of amides is 1. The summed E-state index contributed by atoms with van der Waals surface area (Å²) in [6.07, 6.45) is 0.836. The van der Waals surface area contributed by atoms with E-state index >= 15 is 0 Å². The number of nitrogens with zero attached hydrogens (tertiary/aromatic N) is 2. The Morgan fingerprint density at radius 3 is 2.44 bits per heavy atom. The molecule has 1 N–H and O–H groups in total. The molecule has 1 saturated heterocycles. The molecule has 1 amide bonds. The summed E-state index contributed by atoms with van der Waals surface area (Å²) in [7, 11) is 1.71. The van der Waals surface area contributed by atoms with Crippen molar-refractivity contribution in [3.05, 3.63) is 93.6 Å². The summed E-state index contributed by atoms with van der Waals surface area (Å²) in [6.45, 7) is 8.90. The van der Waals surface area contributed by atoms with Crippen molar-refractivity contribution in [1.29, 1.82) is 0 Å². The Morgan fingerprint density at radius 2 is 1.69 bits per heavy atom. The second-order valence-electron chi connectivity index (χ2n) is 10.1. The Morgan fingerprint density at radius 1 is 0.974 bits per heavy atom. The van der Waals surface area contributed by atoms with Gasteiger partial charge in [0.1, 0.15) is 11.5 Å². The number of fused-ring (bicyclic) bond motifs is 1. The Labute approximate surface area is 229 Å². The van der Waals surface area contributed by atoms with Gasteiger partial charge in [-0.05, 0) is 56.6 Å². The van der Waals surface area contributed by atoms with Crippen LogP contribution in [0, 0.1) is 13.8 Å². The number of hydrogen-bond acceptors (Lipinski definition) is 6. The van der Waals surface area contributed by atoms with Gasteiger partial charge in [0.25, 0.3) is 5.91 Å². The van der Waals surface area contributed by atoms with Crippen molar-refractivity contribution in [2.45, 2.75) is 20.3 Å². The van der Waals surface area contributed by atoms with Crippen molar-refractivity contribution in [2.75, 3.05) is 51.3 Å². The first-order valence-corrected chi connectivity index (χ1v) is 13.5. The van der Waals surface area contributed by atoms with Gasteiger partial charge in [-0.2, -0.15) is 0 Å². The number of aryl methyl sites for hydroxylation is 1. The monoisotopic (exact) mass is 525 g/mol. The van der Waals surface area contributed by atoms with E-state index in [1.165, 1.54) is 0 Å². The van der Waals surface area contributed by atoms with Crippen molar-refractivity contribution in [1.82, 2.24) is 10.2 Å². The average Bonchev–Trinajstić information content (AvgIpc) is 2.97. The zero-order valence-electron chi connectivity index (χ0n) is 22.8. The van der Waals surface area contributed by atoms with E-state index in [-0.39, 0.29) is 11.3 Å². The number of nitrogens with one attached hydrogen (secondary N) is 1. The largest absolute Gasteiger partial charge is 0.495 e. The lowest BCUT2D eigenvalue weighted by Crippen LogP contribution is -2.47. The number of anilines is 1. The molecule has 0 bridgehead atoms. The van der Waals surface area contributed by atoms with E-state index in [4.69, 9.17) is 9.15 Å². The molecule has 0 aliphatic carbocycles. The van der Waals surface area contributed by atoms with Crippen LogP contribution >= 0.6 is 0 Å². The normalized spacial score (nSPS) is 14.0. The van der Waals surface area contributed by atoms with Gasteiger partial charge in [0, 0.05) is 43.9 Å². The third-order valence-corrected chi connectivity index (χ3v) is 7.38. The van der Waals surface area contributed by atoms with Gasteiger partial charge in [0.15, 0.2) is 11.0 Å². The highest BCUT2D eigenvalue weighted by molar-refractivity contribution is 6.05. The summed E-state index contributed by atoms with van der Waals surface area (Å²) in [5.41, 5.74) is 3.95. The number of methoxy groups -OCH3 is 1. The highest BCUT2D eigenvalue weighted by Crippen LogP contribution is 2.29. The number of benzene rings is 3. The molecule has 202 valence electrons. The molecule has 0 spiro atoms. The summed E-state index contributed by atoms with van der Waals surface area (Å²) in [5.74, 6) is 1.17. The zero-order chi connectivity index (χ0) is 27.4. The lowest BCUT2D eigenvalue weighted by molar-refractivity contribution is 0.0952. The summed E-state index contributed by atoms with van der Waals surface area (Å²) in [6, 6.07) is 21.2. The van der Waals surface area contributed by atoms with Crippen LogP contribution < -0.4 is 20.4 Å². The van der Waals surface area contributed by atoms with Crippen molar-refractivity contribution in [2.24, 2.45) is 0 Å². The van der Waals surface area contributed by atoms with Crippen LogP contribution in [0.15, 0.2) is 75.9 Å². The minimum Gasteiger partial charge on any atom is -0.495 e. The third-order valence-electron chi connectivity index (χ3n) is 7.38. The van der Waals surface area contributed by atoms with E-state index in [0.717, 1.165) is 61.7 Å². The average molecular weight is 526 g/mol. The second kappa shape index (κ2) is 11.7. The molecule has 4 aromatic rings. The number of hydrogen-bond donors (Lipinski definition) is 1. The van der Waals surface area contributed by atoms with E-state index in [1.54, 1.807) is 26.2 Å². The zero-order valence-corrected chi connectivity index (χ0v) is 22.8. The number of carbonyl (C=O) groups excluding carboxylic acids is 1. The highest BCUT2D eigenvalue weighted by Gasteiger charge is 2.21. The van der Waals surface area contributed by atoms with Gasteiger partial charge in [-0.15, -0.1) is 0 Å². The van der Waals surface area contributed by atoms with Gasteiger partial charge < -0.3 is 19.4 Å². The molecule has 0 radical (unpaired) electrons. The maximum atomic E-state index is 13.3. The maximum Gasteiger partial charge on any atom is 0.255 e. The molecule has 1 aromatic heterocycles. The molecular formula is C32H35N3O4. The molecular weight excluding hydrogens is 490 g/mol. The Bertz CT molecular complexity index is 1520. The van der Waals surface area contributed by atoms with E-state index < -0.39 is 0 Å². The van der Waals surface area contributed by atoms with Crippen LogP contribution in [0.5, 0.6) is 5.75 Å². The van der Waals surface area contributed by atoms with Gasteiger partial charge in [0.05, 0.1) is 23.7 Å². The molecule has 0 saturated carbocycles. The summed E-state index contributed by atoms with van der Waals surface area (Å²) >= 11 is 0. The van der Waals surface area contributed by atoms with Gasteiger partial charge in [-0.1, -0.05) is 42.5 Å². The first-order chi connectivity index (χ1) is 19.0. The smallest absolute Gasteiger partial charge is 0.255 e. The number of carbonyl (C=O) groups is 1. The molecule has 0 atom stereocenters. The van der Waals surface area contributed by atoms with Crippen molar-refractivity contribution in [3.8, 4) is 17.1 Å². The number of ether oxygens (including phenoxy) is 1. The van der Waals surface area contributed by atoms with Crippen LogP contribution in [0.1, 0.15) is 27.9 Å². The third kappa shape index (κ3) is 5.68. The van der Waals surface area contributed by atoms with Crippen LogP contribution in [-0.2, 0) is 0 Å². The number of rotatable bonds is 8. The van der Waals surface area contributed by atoms with Gasteiger partial charge in [-0.25, -0.2) is 0 Å². The molecule has 7 nitrogen and oxygen atoms in total. The molecule has 3 aromatic carbocycles. The van der Waals surface area contributed by atoms with E-state index in [9.17, 15) is 9.59 Å². The molecule has 1 fully saturated rings. The van der Waals surface area contributed by atoms with Gasteiger partial charge >= 0.3 is 0 Å². The minimum absolute atomic E-state index is 0.111. The fourth-order valence-corrected chi connectivity index (χ4v) is 5.27. The van der Waals surface area contributed by atoms with Crippen LogP contribution in [-0.4, -0.2) is 57.2 Å². The number of piperazine rings is 1. The Kier molecular flexibility index (Phi) is 7.98. The highest BCUT2D eigenvalue weighted by atomic mass is 16.5. The molecule has 7 heteroatoms. The molecule has 2 heterocycles. The van der Waals surface area contributed by atoms with Gasteiger partial charge in [0.2, 0.25) is 0 Å². The molecule has 5 rings (SSSR count). The van der Waals surface area contributed by atoms with Crippen LogP contribution in [0.2, 0.25) is 0 Å². The fraction of sp³-hybridized carbons (Fsp3) is 0.312.